The van der Waals surface area contributed by atoms with E-state index in [1.165, 1.54) is 12.8 Å². The van der Waals surface area contributed by atoms with Gasteiger partial charge in [-0.05, 0) is 40.9 Å². The summed E-state index contributed by atoms with van der Waals surface area (Å²) in [5.74, 6) is 0. The molecule has 2 nitrogen and oxygen atoms in total. The van der Waals surface area contributed by atoms with Crippen LogP contribution in [-0.4, -0.2) is 11.5 Å². The molecule has 0 aromatic carbocycles. The fourth-order valence-corrected chi connectivity index (χ4v) is 1.64. The van der Waals surface area contributed by atoms with Crippen molar-refractivity contribution in [2.45, 2.75) is 18.3 Å². The maximum atomic E-state index is 5.69. The van der Waals surface area contributed by atoms with E-state index in [4.69, 9.17) is 5.73 Å². The molecule has 0 amide bonds. The van der Waals surface area contributed by atoms with Gasteiger partial charge in [0.15, 0.2) is 0 Å². The van der Waals surface area contributed by atoms with Crippen LogP contribution in [-0.2, 0) is 5.41 Å². The molecule has 2 N–H and O–H groups in total. The van der Waals surface area contributed by atoms with Gasteiger partial charge in [-0.3, -0.25) is 4.98 Å². The minimum absolute atomic E-state index is 0. The number of hydrogen-bond donors (Lipinski definition) is 1. The largest absolute Gasteiger partial charge is 0.330 e. The molecule has 1 heterocycles. The fourth-order valence-electron chi connectivity index (χ4n) is 1.41. The average Bonchev–Trinajstić information content (AvgIpc) is 2.86. The highest BCUT2D eigenvalue weighted by Gasteiger charge is 2.43. The van der Waals surface area contributed by atoms with Crippen molar-refractivity contribution in [2.24, 2.45) is 5.73 Å². The van der Waals surface area contributed by atoms with E-state index < -0.39 is 0 Å². The first kappa shape index (κ1) is 14.2. The minimum atomic E-state index is 0. The van der Waals surface area contributed by atoms with Gasteiger partial charge in [0.2, 0.25) is 0 Å². The quantitative estimate of drug-likeness (QED) is 0.912. The summed E-state index contributed by atoms with van der Waals surface area (Å²) in [5.41, 5.74) is 7.06. The number of halogens is 3. The molecule has 0 radical (unpaired) electrons. The Labute approximate surface area is 105 Å². The van der Waals surface area contributed by atoms with Crippen molar-refractivity contribution in [1.82, 2.24) is 4.98 Å². The molecule has 2 rings (SSSR count). The minimum Gasteiger partial charge on any atom is -0.330 e. The van der Waals surface area contributed by atoms with Crippen molar-refractivity contribution in [3.05, 3.63) is 28.5 Å². The van der Waals surface area contributed by atoms with E-state index in [0.29, 0.717) is 0 Å². The molecule has 0 atom stereocenters. The van der Waals surface area contributed by atoms with Crippen molar-refractivity contribution in [2.75, 3.05) is 6.54 Å². The van der Waals surface area contributed by atoms with Crippen LogP contribution in [0.25, 0.3) is 0 Å². The van der Waals surface area contributed by atoms with Gasteiger partial charge >= 0.3 is 0 Å². The summed E-state index contributed by atoms with van der Waals surface area (Å²) in [4.78, 5) is 4.36. The smallest absolute Gasteiger partial charge is 0.0478 e. The van der Waals surface area contributed by atoms with Crippen LogP contribution in [0.2, 0.25) is 0 Å². The number of nitrogens with two attached hydrogens (primary N) is 1. The average molecular weight is 300 g/mol. The van der Waals surface area contributed by atoms with Crippen LogP contribution in [0.3, 0.4) is 0 Å². The van der Waals surface area contributed by atoms with E-state index in [-0.39, 0.29) is 30.2 Å². The molecular formula is C9H13BrCl2N2. The van der Waals surface area contributed by atoms with Crippen molar-refractivity contribution in [3.63, 3.8) is 0 Å². The molecule has 0 unspecified atom stereocenters. The summed E-state index contributed by atoms with van der Waals surface area (Å²) < 4.78 is 1.03. The Bertz CT molecular complexity index is 285. The molecule has 14 heavy (non-hydrogen) atoms. The summed E-state index contributed by atoms with van der Waals surface area (Å²) in [6.45, 7) is 0.724. The first-order valence-corrected chi connectivity index (χ1v) is 4.88. The van der Waals surface area contributed by atoms with E-state index in [1.807, 2.05) is 12.3 Å². The third-order valence-electron chi connectivity index (χ3n) is 2.52. The van der Waals surface area contributed by atoms with E-state index in [0.717, 1.165) is 16.7 Å². The van der Waals surface area contributed by atoms with Gasteiger partial charge < -0.3 is 5.73 Å². The molecule has 1 aliphatic rings. The maximum absolute atomic E-state index is 5.69. The monoisotopic (exact) mass is 298 g/mol. The zero-order valence-electron chi connectivity index (χ0n) is 7.57. The van der Waals surface area contributed by atoms with Crippen LogP contribution in [0.4, 0.5) is 0 Å². The molecule has 1 aromatic heterocycles. The molecule has 1 aliphatic carbocycles. The molecule has 0 aliphatic heterocycles. The summed E-state index contributed by atoms with van der Waals surface area (Å²) >= 11 is 3.36. The number of hydrogen-bond acceptors (Lipinski definition) is 2. The van der Waals surface area contributed by atoms with Crippen LogP contribution in [0.5, 0.6) is 0 Å². The van der Waals surface area contributed by atoms with E-state index in [1.54, 1.807) is 0 Å². The predicted molar refractivity (Wildman–Crippen MR) is 66.4 cm³/mol. The molecule has 1 aromatic rings. The second-order valence-corrected chi connectivity index (χ2v) is 4.26. The highest BCUT2D eigenvalue weighted by molar-refractivity contribution is 9.10. The summed E-state index contributed by atoms with van der Waals surface area (Å²) in [6, 6.07) is 4.09. The summed E-state index contributed by atoms with van der Waals surface area (Å²) in [7, 11) is 0. The lowest BCUT2D eigenvalue weighted by Crippen LogP contribution is -2.20. The van der Waals surface area contributed by atoms with Gasteiger partial charge in [-0.25, -0.2) is 0 Å². The second-order valence-electron chi connectivity index (χ2n) is 3.35. The van der Waals surface area contributed by atoms with Crippen LogP contribution in [0.15, 0.2) is 22.8 Å². The van der Waals surface area contributed by atoms with Crippen molar-refractivity contribution in [1.29, 1.82) is 0 Å². The van der Waals surface area contributed by atoms with Crippen LogP contribution < -0.4 is 5.73 Å². The Morgan fingerprint density at radius 3 is 2.36 bits per heavy atom. The second kappa shape index (κ2) is 5.31. The Kier molecular flexibility index (Phi) is 5.37. The van der Waals surface area contributed by atoms with Crippen LogP contribution >= 0.6 is 40.7 Å². The normalized spacial score (nSPS) is 16.4. The summed E-state index contributed by atoms with van der Waals surface area (Å²) in [6.07, 6.45) is 4.22. The van der Waals surface area contributed by atoms with Gasteiger partial charge in [0.1, 0.15) is 0 Å². The topological polar surface area (TPSA) is 38.9 Å². The standard InChI is InChI=1S/C9H11BrN2.2ClH/c10-7-1-2-8(12-5-7)9(6-11)3-4-9;;/h1-2,5H,3-4,6,11H2;2*1H. The van der Waals surface area contributed by atoms with Gasteiger partial charge in [-0.2, -0.15) is 0 Å². The highest BCUT2D eigenvalue weighted by Crippen LogP contribution is 2.46. The zero-order valence-corrected chi connectivity index (χ0v) is 10.8. The first-order valence-electron chi connectivity index (χ1n) is 4.09. The summed E-state index contributed by atoms with van der Waals surface area (Å²) in [5, 5.41) is 0. The first-order chi connectivity index (χ1) is 5.77. The predicted octanol–water partition coefficient (Wildman–Crippen LogP) is 2.68. The number of pyridine rings is 1. The number of rotatable bonds is 2. The molecule has 5 heteroatoms. The molecule has 80 valence electrons. The van der Waals surface area contributed by atoms with Crippen LogP contribution in [0, 0.1) is 0 Å². The van der Waals surface area contributed by atoms with Gasteiger partial charge in [0, 0.05) is 28.3 Å². The Balaban J connectivity index is 0.000000845. The fraction of sp³-hybridized carbons (Fsp3) is 0.444. The van der Waals surface area contributed by atoms with Crippen LogP contribution in [0.1, 0.15) is 18.5 Å². The SMILES string of the molecule is Cl.Cl.NCC1(c2ccc(Br)cn2)CC1. The maximum Gasteiger partial charge on any atom is 0.0478 e. The van der Waals surface area contributed by atoms with Crippen molar-refractivity contribution >= 4 is 40.7 Å². The lowest BCUT2D eigenvalue weighted by Gasteiger charge is -2.10. The number of aromatic nitrogens is 1. The van der Waals surface area contributed by atoms with Gasteiger partial charge in [-0.15, -0.1) is 24.8 Å². The Morgan fingerprint density at radius 2 is 2.00 bits per heavy atom. The van der Waals surface area contributed by atoms with E-state index in [2.05, 4.69) is 27.0 Å². The molecule has 1 fully saturated rings. The molecular weight excluding hydrogens is 287 g/mol. The molecule has 0 bridgehead atoms. The van der Waals surface area contributed by atoms with Gasteiger partial charge in [0.05, 0.1) is 0 Å². The highest BCUT2D eigenvalue weighted by atomic mass is 79.9. The number of nitrogens with zero attached hydrogens (tertiary/aromatic N) is 1. The lowest BCUT2D eigenvalue weighted by atomic mass is 10.0. The Morgan fingerprint density at radius 1 is 1.36 bits per heavy atom. The van der Waals surface area contributed by atoms with E-state index >= 15 is 0 Å². The molecule has 0 spiro atoms. The molecule has 1 saturated carbocycles. The van der Waals surface area contributed by atoms with Crippen molar-refractivity contribution in [3.8, 4) is 0 Å². The van der Waals surface area contributed by atoms with E-state index in [9.17, 15) is 0 Å². The molecule has 0 saturated heterocycles. The van der Waals surface area contributed by atoms with Gasteiger partial charge in [-0.1, -0.05) is 0 Å². The Hall–Kier alpha value is 0.170. The zero-order chi connectivity index (χ0) is 8.60. The third-order valence-corrected chi connectivity index (χ3v) is 2.98. The third kappa shape index (κ3) is 2.60. The van der Waals surface area contributed by atoms with Gasteiger partial charge in [0.25, 0.3) is 0 Å². The van der Waals surface area contributed by atoms with Crippen molar-refractivity contribution < 1.29 is 0 Å². The lowest BCUT2D eigenvalue weighted by molar-refractivity contribution is 0.678.